The molecule has 4 heteroatoms. The number of furan rings is 1. The fourth-order valence-electron chi connectivity index (χ4n) is 2.19. The van der Waals surface area contributed by atoms with Crippen molar-refractivity contribution in [3.8, 4) is 0 Å². The van der Waals surface area contributed by atoms with Gasteiger partial charge in [0.2, 0.25) is 0 Å². The van der Waals surface area contributed by atoms with Crippen LogP contribution in [0.5, 0.6) is 0 Å². The molecule has 0 amide bonds. The maximum absolute atomic E-state index is 5.60. The summed E-state index contributed by atoms with van der Waals surface area (Å²) in [7, 11) is 0. The molecule has 0 atom stereocenters. The lowest BCUT2D eigenvalue weighted by molar-refractivity contribution is 0.225. The Kier molecular flexibility index (Phi) is 3.50. The van der Waals surface area contributed by atoms with Gasteiger partial charge in [-0.2, -0.15) is 11.3 Å². The zero-order chi connectivity index (χ0) is 12.4. The lowest BCUT2D eigenvalue weighted by Crippen LogP contribution is -2.24. The van der Waals surface area contributed by atoms with Gasteiger partial charge in [0, 0.05) is 24.7 Å². The van der Waals surface area contributed by atoms with Gasteiger partial charge >= 0.3 is 0 Å². The Morgan fingerprint density at radius 2 is 2.22 bits per heavy atom. The summed E-state index contributed by atoms with van der Waals surface area (Å²) in [6.07, 6.45) is 4.40. The Morgan fingerprint density at radius 1 is 1.33 bits per heavy atom. The van der Waals surface area contributed by atoms with Crippen LogP contribution in [-0.4, -0.2) is 10.9 Å². The number of nitrogens with two attached hydrogens (primary N) is 1. The zero-order valence-electron chi connectivity index (χ0n) is 10.3. The van der Waals surface area contributed by atoms with Gasteiger partial charge in [-0.25, -0.2) is 0 Å². The highest BCUT2D eigenvalue weighted by Gasteiger charge is 2.29. The monoisotopic (exact) mass is 262 g/mol. The first-order valence-corrected chi connectivity index (χ1v) is 7.31. The van der Waals surface area contributed by atoms with Crippen molar-refractivity contribution in [2.75, 3.05) is 0 Å². The average molecular weight is 262 g/mol. The van der Waals surface area contributed by atoms with E-state index in [0.29, 0.717) is 6.54 Å². The molecule has 3 rings (SSSR count). The lowest BCUT2D eigenvalue weighted by atomic mass is 10.2. The first kappa shape index (κ1) is 12.0. The van der Waals surface area contributed by atoms with Crippen LogP contribution in [0.1, 0.15) is 29.7 Å². The van der Waals surface area contributed by atoms with Gasteiger partial charge in [0.25, 0.3) is 0 Å². The maximum Gasteiger partial charge on any atom is 0.118 e. The fourth-order valence-corrected chi connectivity index (χ4v) is 2.85. The Labute approximate surface area is 111 Å². The smallest absolute Gasteiger partial charge is 0.118 e. The van der Waals surface area contributed by atoms with Crippen LogP contribution < -0.4 is 5.73 Å². The van der Waals surface area contributed by atoms with Crippen LogP contribution in [-0.2, 0) is 19.6 Å². The summed E-state index contributed by atoms with van der Waals surface area (Å²) in [6, 6.07) is 5.01. The van der Waals surface area contributed by atoms with Gasteiger partial charge in [-0.3, -0.25) is 4.90 Å². The quantitative estimate of drug-likeness (QED) is 0.870. The largest absolute Gasteiger partial charge is 0.468 e. The molecule has 1 fully saturated rings. The Bertz CT molecular complexity index is 488. The van der Waals surface area contributed by atoms with Gasteiger partial charge in [-0.1, -0.05) is 0 Å². The standard InChI is InChI=1S/C14H18N2OS/c15-6-12-5-14(17-9-12)8-16(13-1-2-13)7-11-3-4-18-10-11/h3-5,9-10,13H,1-2,6-8,15H2. The maximum atomic E-state index is 5.60. The van der Waals surface area contributed by atoms with E-state index in [4.69, 9.17) is 10.2 Å². The van der Waals surface area contributed by atoms with Crippen molar-refractivity contribution in [2.24, 2.45) is 5.73 Å². The molecule has 1 saturated carbocycles. The molecule has 0 unspecified atom stereocenters. The van der Waals surface area contributed by atoms with Gasteiger partial charge in [0.15, 0.2) is 0 Å². The van der Waals surface area contributed by atoms with E-state index in [1.54, 1.807) is 17.6 Å². The first-order chi connectivity index (χ1) is 8.85. The van der Waals surface area contributed by atoms with Crippen molar-refractivity contribution in [3.63, 3.8) is 0 Å². The topological polar surface area (TPSA) is 42.4 Å². The molecule has 0 aliphatic heterocycles. The summed E-state index contributed by atoms with van der Waals surface area (Å²) in [5, 5.41) is 4.36. The molecule has 96 valence electrons. The molecule has 0 bridgehead atoms. The van der Waals surface area contributed by atoms with E-state index in [9.17, 15) is 0 Å². The number of rotatable bonds is 6. The van der Waals surface area contributed by atoms with E-state index in [2.05, 4.69) is 27.8 Å². The third-order valence-electron chi connectivity index (χ3n) is 3.33. The molecule has 0 radical (unpaired) electrons. The van der Waals surface area contributed by atoms with Crippen molar-refractivity contribution in [1.82, 2.24) is 4.90 Å². The van der Waals surface area contributed by atoms with Crippen LogP contribution in [0.15, 0.2) is 33.6 Å². The minimum absolute atomic E-state index is 0.553. The van der Waals surface area contributed by atoms with Gasteiger partial charge in [-0.15, -0.1) is 0 Å². The third kappa shape index (κ3) is 2.83. The normalized spacial score (nSPS) is 15.4. The molecule has 0 aromatic carbocycles. The second kappa shape index (κ2) is 5.26. The summed E-state index contributed by atoms with van der Waals surface area (Å²) in [5.41, 5.74) is 8.08. The SMILES string of the molecule is NCc1coc(CN(Cc2ccsc2)C2CC2)c1. The van der Waals surface area contributed by atoms with Crippen LogP contribution in [0, 0.1) is 0 Å². The van der Waals surface area contributed by atoms with Gasteiger partial charge < -0.3 is 10.2 Å². The first-order valence-electron chi connectivity index (χ1n) is 6.36. The Hall–Kier alpha value is -1.10. The van der Waals surface area contributed by atoms with Crippen molar-refractivity contribution >= 4 is 11.3 Å². The van der Waals surface area contributed by atoms with E-state index in [1.165, 1.54) is 18.4 Å². The molecular weight excluding hydrogens is 244 g/mol. The summed E-state index contributed by atoms with van der Waals surface area (Å²) in [6.45, 7) is 2.46. The molecule has 2 N–H and O–H groups in total. The third-order valence-corrected chi connectivity index (χ3v) is 4.06. The highest BCUT2D eigenvalue weighted by atomic mass is 32.1. The van der Waals surface area contributed by atoms with Crippen LogP contribution in [0.3, 0.4) is 0 Å². The Balaban J connectivity index is 1.66. The summed E-state index contributed by atoms with van der Waals surface area (Å²) >= 11 is 1.76. The number of hydrogen-bond donors (Lipinski definition) is 1. The Morgan fingerprint density at radius 3 is 2.83 bits per heavy atom. The molecule has 0 spiro atoms. The van der Waals surface area contributed by atoms with E-state index in [0.717, 1.165) is 30.5 Å². The second-order valence-electron chi connectivity index (χ2n) is 4.89. The number of thiophene rings is 1. The van der Waals surface area contributed by atoms with E-state index in [-0.39, 0.29) is 0 Å². The minimum atomic E-state index is 0.553. The van der Waals surface area contributed by atoms with Crippen LogP contribution in [0.4, 0.5) is 0 Å². The molecule has 18 heavy (non-hydrogen) atoms. The van der Waals surface area contributed by atoms with E-state index < -0.39 is 0 Å². The van der Waals surface area contributed by atoms with Gasteiger partial charge in [0.1, 0.15) is 5.76 Å². The van der Waals surface area contributed by atoms with Gasteiger partial charge in [-0.05, 0) is 41.3 Å². The van der Waals surface area contributed by atoms with E-state index in [1.807, 2.05) is 0 Å². The van der Waals surface area contributed by atoms with Crippen molar-refractivity contribution < 1.29 is 4.42 Å². The molecule has 1 aliphatic rings. The molecule has 0 saturated heterocycles. The van der Waals surface area contributed by atoms with Crippen LogP contribution in [0.25, 0.3) is 0 Å². The highest BCUT2D eigenvalue weighted by molar-refractivity contribution is 7.07. The number of nitrogens with zero attached hydrogens (tertiary/aromatic N) is 1. The van der Waals surface area contributed by atoms with Crippen molar-refractivity contribution in [2.45, 2.75) is 38.5 Å². The summed E-state index contributed by atoms with van der Waals surface area (Å²) in [4.78, 5) is 2.50. The number of hydrogen-bond acceptors (Lipinski definition) is 4. The zero-order valence-corrected chi connectivity index (χ0v) is 11.2. The predicted molar refractivity (Wildman–Crippen MR) is 73.2 cm³/mol. The summed E-state index contributed by atoms with van der Waals surface area (Å²) < 4.78 is 5.56. The molecule has 2 aromatic heterocycles. The molecular formula is C14H18N2OS. The van der Waals surface area contributed by atoms with Crippen molar-refractivity contribution in [1.29, 1.82) is 0 Å². The van der Waals surface area contributed by atoms with Crippen LogP contribution >= 0.6 is 11.3 Å². The molecule has 2 aromatic rings. The molecule has 1 aliphatic carbocycles. The fraction of sp³-hybridized carbons (Fsp3) is 0.429. The van der Waals surface area contributed by atoms with E-state index >= 15 is 0 Å². The molecule has 2 heterocycles. The van der Waals surface area contributed by atoms with Gasteiger partial charge in [0.05, 0.1) is 12.8 Å². The molecule has 3 nitrogen and oxygen atoms in total. The highest BCUT2D eigenvalue weighted by Crippen LogP contribution is 2.30. The van der Waals surface area contributed by atoms with Crippen molar-refractivity contribution in [3.05, 3.63) is 46.0 Å². The predicted octanol–water partition coefficient (Wildman–Crippen LogP) is 2.96. The second-order valence-corrected chi connectivity index (χ2v) is 5.67. The minimum Gasteiger partial charge on any atom is -0.468 e. The van der Waals surface area contributed by atoms with Crippen LogP contribution in [0.2, 0.25) is 0 Å². The lowest BCUT2D eigenvalue weighted by Gasteiger charge is -2.19. The summed E-state index contributed by atoms with van der Waals surface area (Å²) in [5.74, 6) is 1.03. The average Bonchev–Trinajstić information content (AvgIpc) is 2.92.